The molecule has 0 amide bonds. The minimum absolute atomic E-state index is 0.307. The van der Waals surface area contributed by atoms with Crippen LogP contribution < -0.4 is 5.32 Å². The third-order valence-corrected chi connectivity index (χ3v) is 2.04. The van der Waals surface area contributed by atoms with Crippen molar-refractivity contribution in [3.63, 3.8) is 0 Å². The molecule has 0 aromatic rings. The minimum Gasteiger partial charge on any atom is -0.467 e. The molecule has 1 aliphatic rings. The van der Waals surface area contributed by atoms with Crippen LogP contribution in [0.15, 0.2) is 11.8 Å². The van der Waals surface area contributed by atoms with Gasteiger partial charge in [0, 0.05) is 11.8 Å². The molecular formula is C9H13NO4. The number of hydrogen-bond donors (Lipinski definition) is 1. The Morgan fingerprint density at radius 1 is 1.43 bits per heavy atom. The van der Waals surface area contributed by atoms with E-state index in [-0.39, 0.29) is 12.0 Å². The Bertz CT molecular complexity index is 272. The van der Waals surface area contributed by atoms with Gasteiger partial charge in [-0.1, -0.05) is 0 Å². The van der Waals surface area contributed by atoms with Crippen molar-refractivity contribution in [1.29, 1.82) is 0 Å². The van der Waals surface area contributed by atoms with Crippen LogP contribution in [0.3, 0.4) is 0 Å². The van der Waals surface area contributed by atoms with E-state index < -0.39 is 5.97 Å². The summed E-state index contributed by atoms with van der Waals surface area (Å²) in [7, 11) is 2.65. The fourth-order valence-corrected chi connectivity index (χ4v) is 1.30. The molecule has 0 saturated carbocycles. The number of allylic oxidation sites excluding steroid dienone is 1. The molecule has 1 saturated heterocycles. The Hall–Kier alpha value is -1.52. The zero-order valence-corrected chi connectivity index (χ0v) is 8.20. The van der Waals surface area contributed by atoms with E-state index in [1.807, 2.05) is 0 Å². The number of nitrogens with one attached hydrogen (secondary N) is 1. The van der Waals surface area contributed by atoms with Gasteiger partial charge < -0.3 is 14.8 Å². The second-order valence-corrected chi connectivity index (χ2v) is 2.95. The van der Waals surface area contributed by atoms with Crippen molar-refractivity contribution >= 4 is 11.9 Å². The maximum atomic E-state index is 11.1. The van der Waals surface area contributed by atoms with E-state index in [9.17, 15) is 9.59 Å². The fourth-order valence-electron chi connectivity index (χ4n) is 1.30. The van der Waals surface area contributed by atoms with Crippen LogP contribution in [-0.2, 0) is 19.1 Å². The number of ether oxygens (including phenoxy) is 2. The largest absolute Gasteiger partial charge is 0.467 e. The molecule has 78 valence electrons. The van der Waals surface area contributed by atoms with Gasteiger partial charge in [0.15, 0.2) is 0 Å². The van der Waals surface area contributed by atoms with E-state index in [0.29, 0.717) is 18.5 Å². The average Bonchev–Trinajstić information content (AvgIpc) is 2.65. The minimum atomic E-state index is -0.419. The van der Waals surface area contributed by atoms with Gasteiger partial charge >= 0.3 is 11.9 Å². The van der Waals surface area contributed by atoms with Crippen LogP contribution in [0.1, 0.15) is 12.8 Å². The van der Waals surface area contributed by atoms with Gasteiger partial charge in [-0.25, -0.2) is 9.59 Å². The third-order valence-electron chi connectivity index (χ3n) is 2.04. The van der Waals surface area contributed by atoms with Gasteiger partial charge in [-0.2, -0.15) is 0 Å². The Balaban J connectivity index is 2.53. The molecule has 0 radical (unpaired) electrons. The maximum absolute atomic E-state index is 11.1. The second-order valence-electron chi connectivity index (χ2n) is 2.95. The molecule has 1 N–H and O–H groups in total. The van der Waals surface area contributed by atoms with Gasteiger partial charge in [0.25, 0.3) is 0 Å². The van der Waals surface area contributed by atoms with Crippen molar-refractivity contribution in [2.24, 2.45) is 0 Å². The van der Waals surface area contributed by atoms with E-state index in [1.165, 1.54) is 20.3 Å². The van der Waals surface area contributed by atoms with Crippen LogP contribution in [0.5, 0.6) is 0 Å². The third kappa shape index (κ3) is 2.48. The molecule has 1 aliphatic heterocycles. The first-order valence-corrected chi connectivity index (χ1v) is 4.30. The lowest BCUT2D eigenvalue weighted by atomic mass is 10.2. The van der Waals surface area contributed by atoms with Gasteiger partial charge in [-0.05, 0) is 12.8 Å². The summed E-state index contributed by atoms with van der Waals surface area (Å²) in [6.45, 7) is 0. The zero-order valence-electron chi connectivity index (χ0n) is 8.20. The molecular weight excluding hydrogens is 186 g/mol. The summed E-state index contributed by atoms with van der Waals surface area (Å²) in [5.41, 5.74) is 0.715. The van der Waals surface area contributed by atoms with Crippen LogP contribution in [0.25, 0.3) is 0 Å². The standard InChI is InChI=1S/C9H13NO4/c1-13-8(11)5-6-3-4-7(10-6)9(12)14-2/h5,7,10H,3-4H2,1-2H3. The number of esters is 2. The Morgan fingerprint density at radius 2 is 2.14 bits per heavy atom. The average molecular weight is 199 g/mol. The SMILES string of the molecule is COC(=O)C=C1CCC(C(=O)OC)N1. The fraction of sp³-hybridized carbons (Fsp3) is 0.556. The summed E-state index contributed by atoms with van der Waals surface area (Å²) >= 11 is 0. The topological polar surface area (TPSA) is 64.6 Å². The van der Waals surface area contributed by atoms with Crippen molar-refractivity contribution in [3.8, 4) is 0 Å². The van der Waals surface area contributed by atoms with Gasteiger partial charge in [-0.15, -0.1) is 0 Å². The lowest BCUT2D eigenvalue weighted by Crippen LogP contribution is -2.31. The predicted molar refractivity (Wildman–Crippen MR) is 48.3 cm³/mol. The van der Waals surface area contributed by atoms with Gasteiger partial charge in [0.1, 0.15) is 6.04 Å². The lowest BCUT2D eigenvalue weighted by Gasteiger charge is -2.07. The maximum Gasteiger partial charge on any atom is 0.332 e. The summed E-state index contributed by atoms with van der Waals surface area (Å²) in [4.78, 5) is 21.9. The molecule has 1 fully saturated rings. The highest BCUT2D eigenvalue weighted by Crippen LogP contribution is 2.16. The highest BCUT2D eigenvalue weighted by Gasteiger charge is 2.25. The van der Waals surface area contributed by atoms with E-state index in [1.54, 1.807) is 0 Å². The molecule has 0 aromatic carbocycles. The summed E-state index contributed by atoms with van der Waals surface area (Å²) in [5, 5.41) is 2.89. The molecule has 5 heteroatoms. The van der Waals surface area contributed by atoms with Crippen molar-refractivity contribution < 1.29 is 19.1 Å². The molecule has 5 nitrogen and oxygen atoms in total. The van der Waals surface area contributed by atoms with Crippen molar-refractivity contribution in [2.75, 3.05) is 14.2 Å². The second kappa shape index (κ2) is 4.64. The summed E-state index contributed by atoms with van der Waals surface area (Å²) in [5.74, 6) is -0.726. The first-order valence-electron chi connectivity index (χ1n) is 4.30. The van der Waals surface area contributed by atoms with Gasteiger partial charge in [0.05, 0.1) is 14.2 Å². The highest BCUT2D eigenvalue weighted by molar-refractivity contribution is 5.83. The summed E-state index contributed by atoms with van der Waals surface area (Å²) in [6, 6.07) is -0.337. The van der Waals surface area contributed by atoms with Crippen molar-refractivity contribution in [1.82, 2.24) is 5.32 Å². The Kier molecular flexibility index (Phi) is 3.50. The molecule has 14 heavy (non-hydrogen) atoms. The van der Waals surface area contributed by atoms with Crippen LogP contribution in [-0.4, -0.2) is 32.2 Å². The van der Waals surface area contributed by atoms with E-state index in [4.69, 9.17) is 0 Å². The molecule has 0 aliphatic carbocycles. The summed E-state index contributed by atoms with van der Waals surface area (Å²) < 4.78 is 9.03. The summed E-state index contributed by atoms with van der Waals surface area (Å²) in [6.07, 6.45) is 2.66. The molecule has 1 atom stereocenters. The first-order chi connectivity index (χ1) is 6.67. The quantitative estimate of drug-likeness (QED) is 0.499. The van der Waals surface area contributed by atoms with Crippen LogP contribution in [0.4, 0.5) is 0 Å². The van der Waals surface area contributed by atoms with Crippen LogP contribution in [0, 0.1) is 0 Å². The lowest BCUT2D eigenvalue weighted by molar-refractivity contribution is -0.142. The molecule has 0 spiro atoms. The molecule has 1 unspecified atom stereocenters. The normalized spacial score (nSPS) is 23.0. The van der Waals surface area contributed by atoms with Crippen molar-refractivity contribution in [2.45, 2.75) is 18.9 Å². The van der Waals surface area contributed by atoms with Crippen LogP contribution >= 0.6 is 0 Å². The smallest absolute Gasteiger partial charge is 0.332 e. The van der Waals surface area contributed by atoms with E-state index in [0.717, 1.165) is 0 Å². The number of rotatable bonds is 2. The number of methoxy groups -OCH3 is 2. The number of carbonyl (C=O) groups excluding carboxylic acids is 2. The number of hydrogen-bond acceptors (Lipinski definition) is 5. The first kappa shape index (κ1) is 10.6. The van der Waals surface area contributed by atoms with E-state index in [2.05, 4.69) is 14.8 Å². The number of carbonyl (C=O) groups is 2. The highest BCUT2D eigenvalue weighted by atomic mass is 16.5. The molecule has 0 aromatic heterocycles. The Morgan fingerprint density at radius 3 is 2.71 bits per heavy atom. The molecule has 1 rings (SSSR count). The van der Waals surface area contributed by atoms with Crippen molar-refractivity contribution in [3.05, 3.63) is 11.8 Å². The van der Waals surface area contributed by atoms with Crippen LogP contribution in [0.2, 0.25) is 0 Å². The predicted octanol–water partition coefficient (Wildman–Crippen LogP) is -0.0317. The zero-order chi connectivity index (χ0) is 10.6. The van der Waals surface area contributed by atoms with Gasteiger partial charge in [-0.3, -0.25) is 0 Å². The molecule has 0 bridgehead atoms. The van der Waals surface area contributed by atoms with E-state index >= 15 is 0 Å². The molecule has 1 heterocycles. The van der Waals surface area contributed by atoms with Gasteiger partial charge in [0.2, 0.25) is 0 Å². The Labute approximate surface area is 82.1 Å². The monoisotopic (exact) mass is 199 g/mol.